The molecule has 10 nitrogen and oxygen atoms in total. The van der Waals surface area contributed by atoms with Gasteiger partial charge in [0.1, 0.15) is 18.5 Å². The van der Waals surface area contributed by atoms with E-state index >= 15 is 0 Å². The van der Waals surface area contributed by atoms with Crippen molar-refractivity contribution < 1.29 is 40.2 Å². The van der Waals surface area contributed by atoms with Gasteiger partial charge in [0, 0.05) is 31.7 Å². The predicted molar refractivity (Wildman–Crippen MR) is 156 cm³/mol. The van der Waals surface area contributed by atoms with E-state index in [0.717, 1.165) is 10.8 Å². The zero-order valence-electron chi connectivity index (χ0n) is 23.4. The number of aliphatic hydroxyl groups is 1. The Morgan fingerprint density at radius 3 is 2.44 bits per heavy atom. The van der Waals surface area contributed by atoms with Crippen molar-refractivity contribution in [2.24, 2.45) is 0 Å². The molecule has 2 aliphatic rings. The molecule has 0 radical (unpaired) electrons. The number of benzene rings is 3. The van der Waals surface area contributed by atoms with Crippen LogP contribution in [0.2, 0.25) is 0 Å². The Kier molecular flexibility index (Phi) is 9.66. The third kappa shape index (κ3) is 7.69. The van der Waals surface area contributed by atoms with Crippen molar-refractivity contribution in [3.8, 4) is 5.75 Å². The van der Waals surface area contributed by atoms with Crippen LogP contribution in [-0.4, -0.2) is 89.8 Å². The van der Waals surface area contributed by atoms with Gasteiger partial charge in [0.25, 0.3) is 6.43 Å². The highest BCUT2D eigenvalue weighted by Gasteiger charge is 2.44. The van der Waals surface area contributed by atoms with Gasteiger partial charge in [-0.05, 0) is 54.3 Å². The van der Waals surface area contributed by atoms with Gasteiger partial charge in [-0.3, -0.25) is 0 Å². The number of fused-ring (bicyclic) bond motifs is 1. The van der Waals surface area contributed by atoms with E-state index in [9.17, 15) is 30.7 Å². The fourth-order valence-corrected chi connectivity index (χ4v) is 7.99. The fraction of sp³-hybridized carbons (Fsp3) is 0.448. The van der Waals surface area contributed by atoms with E-state index in [0.29, 0.717) is 39.0 Å². The quantitative estimate of drug-likeness (QED) is 0.276. The minimum Gasteiger partial charge on any atom is -0.491 e. The van der Waals surface area contributed by atoms with Crippen LogP contribution in [0.1, 0.15) is 19.3 Å². The van der Waals surface area contributed by atoms with Crippen LogP contribution in [-0.2, 0) is 24.8 Å². The maximum absolute atomic E-state index is 13.3. The molecule has 1 unspecified atom stereocenters. The largest absolute Gasteiger partial charge is 0.491 e. The van der Waals surface area contributed by atoms with Crippen molar-refractivity contribution in [2.75, 3.05) is 39.4 Å². The minimum absolute atomic E-state index is 0.0346. The molecule has 14 heteroatoms. The summed E-state index contributed by atoms with van der Waals surface area (Å²) in [4.78, 5) is 0.0600. The zero-order chi connectivity index (χ0) is 30.7. The average molecular weight is 640 g/mol. The van der Waals surface area contributed by atoms with E-state index in [2.05, 4.69) is 5.32 Å². The van der Waals surface area contributed by atoms with Crippen LogP contribution < -0.4 is 14.8 Å². The molecule has 2 heterocycles. The van der Waals surface area contributed by atoms with Gasteiger partial charge in [-0.25, -0.2) is 30.3 Å². The number of rotatable bonds is 12. The molecule has 2 aliphatic heterocycles. The number of nitrogens with zero attached hydrogens (tertiary/aromatic N) is 1. The van der Waals surface area contributed by atoms with Crippen molar-refractivity contribution in [3.63, 3.8) is 0 Å². The fourth-order valence-electron chi connectivity index (χ4n) is 5.48. The Morgan fingerprint density at radius 1 is 0.953 bits per heavy atom. The number of sulfonamides is 2. The highest BCUT2D eigenvalue weighted by atomic mass is 32.2. The van der Waals surface area contributed by atoms with Crippen LogP contribution in [0.4, 0.5) is 8.78 Å². The summed E-state index contributed by atoms with van der Waals surface area (Å²) in [6, 6.07) is 18.2. The lowest BCUT2D eigenvalue weighted by Crippen LogP contribution is -2.47. The van der Waals surface area contributed by atoms with Crippen LogP contribution in [0.5, 0.6) is 5.75 Å². The molecule has 3 aromatic carbocycles. The van der Waals surface area contributed by atoms with E-state index in [1.54, 1.807) is 12.1 Å². The van der Waals surface area contributed by atoms with E-state index in [-0.39, 0.29) is 34.7 Å². The van der Waals surface area contributed by atoms with Crippen molar-refractivity contribution in [2.45, 2.75) is 53.2 Å². The summed E-state index contributed by atoms with van der Waals surface area (Å²) in [5.41, 5.74) is -0.432. The molecule has 1 spiro atoms. The number of hydrogen-bond donors (Lipinski definition) is 3. The second-order valence-electron chi connectivity index (χ2n) is 10.9. The molecular weight excluding hydrogens is 604 g/mol. The Hall–Kier alpha value is -2.72. The number of halogens is 2. The molecule has 3 N–H and O–H groups in total. The maximum atomic E-state index is 13.3. The van der Waals surface area contributed by atoms with Crippen LogP contribution in [0, 0.1) is 0 Å². The maximum Gasteiger partial charge on any atom is 0.251 e. The summed E-state index contributed by atoms with van der Waals surface area (Å²) in [5, 5.41) is 15.6. The lowest BCUT2D eigenvalue weighted by atomic mass is 9.88. The van der Waals surface area contributed by atoms with Crippen molar-refractivity contribution in [3.05, 3.63) is 66.7 Å². The molecule has 0 bridgehead atoms. The first-order valence-electron chi connectivity index (χ1n) is 14.0. The standard InChI is InChI=1S/C29H35F2N3O7S2/c30-28(31)18-33-42(36,37)26-7-3-6-25(15-26)40-20-24(35)17-32-23-16-29(41-19-23)10-12-34(13-11-29)43(38,39)27-9-8-21-4-1-2-5-22(21)14-27/h1-9,14-15,23-24,28,32-33,35H,10-13,16-20H2/t23?,24-/m0/s1. The molecular formula is C29H35F2N3O7S2. The van der Waals surface area contributed by atoms with Gasteiger partial charge < -0.3 is 19.9 Å². The molecule has 2 saturated heterocycles. The first-order chi connectivity index (χ1) is 20.5. The Labute approximate surface area is 250 Å². The van der Waals surface area contributed by atoms with E-state index in [4.69, 9.17) is 9.47 Å². The molecule has 0 amide bonds. The summed E-state index contributed by atoms with van der Waals surface area (Å²) in [6.07, 6.45) is -1.93. The number of aliphatic hydroxyl groups excluding tert-OH is 1. The Balaban J connectivity index is 1.07. The summed E-state index contributed by atoms with van der Waals surface area (Å²) >= 11 is 0. The topological polar surface area (TPSA) is 134 Å². The van der Waals surface area contributed by atoms with Gasteiger partial charge in [-0.15, -0.1) is 0 Å². The van der Waals surface area contributed by atoms with E-state index in [1.165, 1.54) is 28.6 Å². The van der Waals surface area contributed by atoms with Gasteiger partial charge in [0.2, 0.25) is 20.0 Å². The van der Waals surface area contributed by atoms with Crippen LogP contribution >= 0.6 is 0 Å². The lowest BCUT2D eigenvalue weighted by molar-refractivity contribution is -0.0312. The summed E-state index contributed by atoms with van der Waals surface area (Å²) < 4.78 is 90.8. The van der Waals surface area contributed by atoms with Gasteiger partial charge in [-0.2, -0.15) is 4.31 Å². The Morgan fingerprint density at radius 2 is 1.70 bits per heavy atom. The normalized spacial score (nSPS) is 20.1. The molecule has 234 valence electrons. The number of ether oxygens (including phenoxy) is 2. The van der Waals surface area contributed by atoms with Gasteiger partial charge >= 0.3 is 0 Å². The molecule has 0 aliphatic carbocycles. The second-order valence-corrected chi connectivity index (χ2v) is 14.6. The number of piperidine rings is 1. The summed E-state index contributed by atoms with van der Waals surface area (Å²) in [5.74, 6) is 0.174. The molecule has 3 aromatic rings. The first kappa shape index (κ1) is 31.7. The van der Waals surface area contributed by atoms with Crippen molar-refractivity contribution in [1.29, 1.82) is 0 Å². The van der Waals surface area contributed by atoms with Gasteiger partial charge in [-0.1, -0.05) is 36.4 Å². The number of alkyl halides is 2. The Bertz CT molecular complexity index is 1630. The van der Waals surface area contributed by atoms with Crippen LogP contribution in [0.25, 0.3) is 10.8 Å². The monoisotopic (exact) mass is 639 g/mol. The van der Waals surface area contributed by atoms with Crippen molar-refractivity contribution >= 4 is 30.8 Å². The molecule has 43 heavy (non-hydrogen) atoms. The van der Waals surface area contributed by atoms with E-state index in [1.807, 2.05) is 35.1 Å². The molecule has 0 aromatic heterocycles. The van der Waals surface area contributed by atoms with Crippen LogP contribution in [0.3, 0.4) is 0 Å². The highest BCUT2D eigenvalue weighted by molar-refractivity contribution is 7.89. The minimum atomic E-state index is -4.12. The van der Waals surface area contributed by atoms with Gasteiger partial charge in [0.05, 0.1) is 28.5 Å². The lowest BCUT2D eigenvalue weighted by Gasteiger charge is -2.38. The zero-order valence-corrected chi connectivity index (χ0v) is 25.0. The summed E-state index contributed by atoms with van der Waals surface area (Å²) in [6.45, 7) is 0.209. The second kappa shape index (κ2) is 13.1. The first-order valence-corrected chi connectivity index (χ1v) is 16.9. The third-order valence-electron chi connectivity index (χ3n) is 7.83. The smallest absolute Gasteiger partial charge is 0.251 e. The third-order valence-corrected chi connectivity index (χ3v) is 11.1. The average Bonchev–Trinajstić information content (AvgIpc) is 3.40. The van der Waals surface area contributed by atoms with E-state index < -0.39 is 44.7 Å². The number of nitrogens with one attached hydrogen (secondary N) is 2. The molecule has 5 rings (SSSR count). The summed E-state index contributed by atoms with van der Waals surface area (Å²) in [7, 11) is -7.75. The number of hydrogen-bond acceptors (Lipinski definition) is 8. The van der Waals surface area contributed by atoms with Crippen LogP contribution in [0.15, 0.2) is 76.5 Å². The van der Waals surface area contributed by atoms with Gasteiger partial charge in [0.15, 0.2) is 0 Å². The highest BCUT2D eigenvalue weighted by Crippen LogP contribution is 2.37. The molecule has 2 fully saturated rings. The SMILES string of the molecule is O=S(=O)(NCC(F)F)c1cccc(OC[C@@H](O)CNC2COC3(CCN(S(=O)(=O)c4ccc5ccccc5c4)CC3)C2)c1. The molecule has 2 atom stereocenters. The molecule has 0 saturated carbocycles. The predicted octanol–water partition coefficient (Wildman–Crippen LogP) is 2.72. The van der Waals surface area contributed by atoms with Crippen molar-refractivity contribution in [1.82, 2.24) is 14.3 Å².